The van der Waals surface area contributed by atoms with Crippen molar-refractivity contribution in [2.45, 2.75) is 32.2 Å². The number of fused-ring (bicyclic) bond motifs is 1. The molecule has 1 unspecified atom stereocenters. The lowest BCUT2D eigenvalue weighted by atomic mass is 9.88. The van der Waals surface area contributed by atoms with Gasteiger partial charge >= 0.3 is 6.03 Å². The summed E-state index contributed by atoms with van der Waals surface area (Å²) in [5.41, 5.74) is 1.16. The van der Waals surface area contributed by atoms with Crippen LogP contribution in [0.4, 0.5) is 4.79 Å². The van der Waals surface area contributed by atoms with Crippen molar-refractivity contribution in [1.82, 2.24) is 10.2 Å². The fourth-order valence-corrected chi connectivity index (χ4v) is 4.07. The molecule has 0 aliphatic carbocycles. The molecule has 1 fully saturated rings. The number of carbonyl (C=O) groups excluding carboxylic acids is 3. The summed E-state index contributed by atoms with van der Waals surface area (Å²) in [5, 5.41) is 4.69. The number of ketones is 1. The Kier molecular flexibility index (Phi) is 5.12. The fourth-order valence-electron chi connectivity index (χ4n) is 4.07. The molecule has 5 heteroatoms. The van der Waals surface area contributed by atoms with Crippen molar-refractivity contribution in [2.24, 2.45) is 0 Å². The van der Waals surface area contributed by atoms with Crippen LogP contribution < -0.4 is 5.32 Å². The third-order valence-corrected chi connectivity index (χ3v) is 5.72. The molecule has 1 atom stereocenters. The van der Waals surface area contributed by atoms with Crippen LogP contribution >= 0.6 is 0 Å². The lowest BCUT2D eigenvalue weighted by molar-refractivity contribution is -0.130. The van der Waals surface area contributed by atoms with E-state index in [0.717, 1.165) is 39.6 Å². The molecular weight excluding hydrogens is 376 g/mol. The topological polar surface area (TPSA) is 66.5 Å². The van der Waals surface area contributed by atoms with E-state index < -0.39 is 17.5 Å². The maximum atomic E-state index is 13.3. The highest BCUT2D eigenvalue weighted by Crippen LogP contribution is 2.33. The minimum Gasteiger partial charge on any atom is -0.319 e. The Balaban J connectivity index is 1.60. The van der Waals surface area contributed by atoms with Gasteiger partial charge in [-0.1, -0.05) is 80.1 Å². The fraction of sp³-hybridized carbons (Fsp3) is 0.240. The predicted octanol–water partition coefficient (Wildman–Crippen LogP) is 4.44. The molecule has 3 amide bonds. The van der Waals surface area contributed by atoms with Crippen molar-refractivity contribution < 1.29 is 14.4 Å². The van der Waals surface area contributed by atoms with Gasteiger partial charge in [-0.05, 0) is 35.2 Å². The molecular formula is C25H24N2O3. The van der Waals surface area contributed by atoms with E-state index in [2.05, 4.69) is 12.2 Å². The monoisotopic (exact) mass is 400 g/mol. The summed E-state index contributed by atoms with van der Waals surface area (Å²) in [6, 6.07) is 20.2. The predicted molar refractivity (Wildman–Crippen MR) is 116 cm³/mol. The van der Waals surface area contributed by atoms with Crippen LogP contribution in [0.15, 0.2) is 66.7 Å². The number of aryl methyl sites for hydroxylation is 1. The Morgan fingerprint density at radius 1 is 0.967 bits per heavy atom. The lowest BCUT2D eigenvalue weighted by Gasteiger charge is -2.24. The van der Waals surface area contributed by atoms with Crippen molar-refractivity contribution in [3.63, 3.8) is 0 Å². The third-order valence-electron chi connectivity index (χ3n) is 5.72. The molecule has 0 bridgehead atoms. The zero-order chi connectivity index (χ0) is 21.3. The molecule has 1 saturated heterocycles. The molecule has 0 aromatic heterocycles. The van der Waals surface area contributed by atoms with Gasteiger partial charge in [0, 0.05) is 5.56 Å². The molecule has 3 aromatic carbocycles. The Bertz CT molecular complexity index is 1130. The highest BCUT2D eigenvalue weighted by Gasteiger charge is 2.50. The molecule has 3 aromatic rings. The van der Waals surface area contributed by atoms with E-state index >= 15 is 0 Å². The SMILES string of the molecule is CCCc1ccc(C(=O)CN2C(=O)NC(C)(c3cccc4ccccc34)C2=O)cc1. The number of rotatable bonds is 6. The van der Waals surface area contributed by atoms with E-state index in [4.69, 9.17) is 0 Å². The molecule has 1 N–H and O–H groups in total. The Labute approximate surface area is 175 Å². The van der Waals surface area contributed by atoms with Gasteiger partial charge in [0.1, 0.15) is 5.54 Å². The van der Waals surface area contributed by atoms with Crippen molar-refractivity contribution in [2.75, 3.05) is 6.54 Å². The normalized spacial score (nSPS) is 18.7. The van der Waals surface area contributed by atoms with Crippen LogP contribution in [-0.4, -0.2) is 29.2 Å². The third kappa shape index (κ3) is 3.36. The number of nitrogens with one attached hydrogen (secondary N) is 1. The van der Waals surface area contributed by atoms with Crippen LogP contribution in [0.25, 0.3) is 10.8 Å². The van der Waals surface area contributed by atoms with Gasteiger partial charge in [0.05, 0.1) is 6.54 Å². The molecule has 1 heterocycles. The highest BCUT2D eigenvalue weighted by atomic mass is 16.2. The first-order chi connectivity index (χ1) is 14.4. The van der Waals surface area contributed by atoms with E-state index in [1.807, 2.05) is 54.6 Å². The van der Waals surface area contributed by atoms with Gasteiger partial charge in [-0.15, -0.1) is 0 Å². The number of carbonyl (C=O) groups is 3. The lowest BCUT2D eigenvalue weighted by Crippen LogP contribution is -2.41. The number of amides is 3. The average Bonchev–Trinajstić information content (AvgIpc) is 2.98. The van der Waals surface area contributed by atoms with Gasteiger partial charge in [0.15, 0.2) is 5.78 Å². The number of urea groups is 1. The van der Waals surface area contributed by atoms with Crippen LogP contribution in [0.3, 0.4) is 0 Å². The number of Topliss-reactive ketones (excluding diaryl/α,β-unsaturated/α-hetero) is 1. The molecule has 4 rings (SSSR count). The second-order valence-corrected chi connectivity index (χ2v) is 7.84. The second kappa shape index (κ2) is 7.75. The number of benzene rings is 3. The zero-order valence-corrected chi connectivity index (χ0v) is 17.1. The quantitative estimate of drug-likeness (QED) is 0.491. The summed E-state index contributed by atoms with van der Waals surface area (Å²) in [5.74, 6) is -0.677. The van der Waals surface area contributed by atoms with Crippen LogP contribution in [0.2, 0.25) is 0 Å². The molecule has 0 spiro atoms. The summed E-state index contributed by atoms with van der Waals surface area (Å²) in [6.45, 7) is 3.51. The van der Waals surface area contributed by atoms with Crippen LogP contribution in [0, 0.1) is 0 Å². The highest BCUT2D eigenvalue weighted by molar-refractivity contribution is 6.12. The number of hydrogen-bond acceptors (Lipinski definition) is 3. The van der Waals surface area contributed by atoms with Crippen LogP contribution in [0.5, 0.6) is 0 Å². The van der Waals surface area contributed by atoms with E-state index in [1.165, 1.54) is 0 Å². The smallest absolute Gasteiger partial charge is 0.319 e. The summed E-state index contributed by atoms with van der Waals surface area (Å²) >= 11 is 0. The molecule has 0 saturated carbocycles. The van der Waals surface area contributed by atoms with Gasteiger partial charge in [0.2, 0.25) is 0 Å². The molecule has 0 radical (unpaired) electrons. The Hall–Kier alpha value is -3.47. The molecule has 5 nitrogen and oxygen atoms in total. The maximum Gasteiger partial charge on any atom is 0.325 e. The first-order valence-electron chi connectivity index (χ1n) is 10.2. The van der Waals surface area contributed by atoms with Crippen molar-refractivity contribution in [3.05, 3.63) is 83.4 Å². The Morgan fingerprint density at radius 3 is 2.40 bits per heavy atom. The number of hydrogen-bond donors (Lipinski definition) is 1. The van der Waals surface area contributed by atoms with E-state index in [-0.39, 0.29) is 12.3 Å². The molecule has 1 aliphatic rings. The van der Waals surface area contributed by atoms with E-state index in [9.17, 15) is 14.4 Å². The maximum absolute atomic E-state index is 13.3. The summed E-state index contributed by atoms with van der Waals surface area (Å²) < 4.78 is 0. The largest absolute Gasteiger partial charge is 0.325 e. The van der Waals surface area contributed by atoms with Crippen LogP contribution in [0.1, 0.15) is 41.8 Å². The first-order valence-corrected chi connectivity index (χ1v) is 10.2. The summed E-state index contributed by atoms with van der Waals surface area (Å²) in [7, 11) is 0. The zero-order valence-electron chi connectivity index (χ0n) is 17.1. The summed E-state index contributed by atoms with van der Waals surface area (Å²) in [4.78, 5) is 39.7. The first kappa shape index (κ1) is 19.8. The molecule has 30 heavy (non-hydrogen) atoms. The van der Waals surface area contributed by atoms with Crippen molar-refractivity contribution >= 4 is 28.5 Å². The van der Waals surface area contributed by atoms with Gasteiger partial charge < -0.3 is 5.32 Å². The van der Waals surface area contributed by atoms with Crippen LogP contribution in [-0.2, 0) is 16.8 Å². The minimum atomic E-state index is -1.22. The number of imide groups is 1. The second-order valence-electron chi connectivity index (χ2n) is 7.84. The summed E-state index contributed by atoms with van der Waals surface area (Å²) in [6.07, 6.45) is 1.98. The van der Waals surface area contributed by atoms with E-state index in [0.29, 0.717) is 5.56 Å². The Morgan fingerprint density at radius 2 is 1.67 bits per heavy atom. The number of nitrogens with zero attached hydrogens (tertiary/aromatic N) is 1. The molecule has 152 valence electrons. The van der Waals surface area contributed by atoms with E-state index in [1.54, 1.807) is 19.1 Å². The van der Waals surface area contributed by atoms with Gasteiger partial charge in [-0.25, -0.2) is 4.79 Å². The van der Waals surface area contributed by atoms with Crippen molar-refractivity contribution in [3.8, 4) is 0 Å². The molecule has 1 aliphatic heterocycles. The van der Waals surface area contributed by atoms with Gasteiger partial charge in [-0.2, -0.15) is 0 Å². The minimum absolute atomic E-state index is 0.260. The van der Waals surface area contributed by atoms with Gasteiger partial charge in [-0.3, -0.25) is 14.5 Å². The van der Waals surface area contributed by atoms with Crippen molar-refractivity contribution in [1.29, 1.82) is 0 Å². The van der Waals surface area contributed by atoms with Gasteiger partial charge in [0.25, 0.3) is 5.91 Å². The standard InChI is InChI=1S/C25H24N2O3/c1-3-7-17-12-14-19(15-13-17)22(28)16-27-23(29)25(2,26-24(27)30)21-11-6-9-18-8-4-5-10-20(18)21/h4-6,8-15H,3,7,16H2,1-2H3,(H,26,30). The average molecular weight is 400 g/mol.